The second-order valence-corrected chi connectivity index (χ2v) is 15.6. The Labute approximate surface area is 337 Å². The third-order valence-electron chi connectivity index (χ3n) is 11.7. The molecule has 10 aromatic rings. The Morgan fingerprint density at radius 3 is 1.57 bits per heavy atom. The van der Waals surface area contributed by atoms with E-state index in [4.69, 9.17) is 19.4 Å². The molecule has 1 aliphatic carbocycles. The van der Waals surface area contributed by atoms with Gasteiger partial charge in [-0.3, -0.25) is 0 Å². The van der Waals surface area contributed by atoms with Gasteiger partial charge in [-0.25, -0.2) is 15.0 Å². The molecule has 2 heterocycles. The molecule has 11 rings (SSSR count). The summed E-state index contributed by atoms with van der Waals surface area (Å²) in [5.41, 5.74) is 16.4. The average molecular weight is 744 g/mol. The Morgan fingerprint density at radius 2 is 0.862 bits per heavy atom. The van der Waals surface area contributed by atoms with E-state index < -0.39 is 0 Å². The lowest BCUT2D eigenvalue weighted by atomic mass is 9.81. The number of benzene rings is 8. The molecule has 0 spiro atoms. The minimum absolute atomic E-state index is 0.0897. The standard InChI is InChI=1S/C54H37N3O/c1-54(2)47-27-13-12-24-42(47)43-29-28-37(33-48(43)54)40-31-45(34-16-6-3-7-17-34)50-46(32-40)44-26-15-25-41(49(44)58-50)38-22-14-23-39(30-38)53-56-51(35-18-8-4-9-19-35)55-52(57-53)36-20-10-5-11-21-36/h3-33H,1-2H3. The van der Waals surface area contributed by atoms with Crippen LogP contribution in [0.25, 0.3) is 101 Å². The lowest BCUT2D eigenvalue weighted by Crippen LogP contribution is -2.14. The van der Waals surface area contributed by atoms with E-state index in [0.717, 1.165) is 66.4 Å². The summed E-state index contributed by atoms with van der Waals surface area (Å²) in [6.45, 7) is 4.68. The van der Waals surface area contributed by atoms with Crippen LogP contribution in [-0.2, 0) is 5.41 Å². The number of nitrogens with zero attached hydrogens (tertiary/aromatic N) is 3. The van der Waals surface area contributed by atoms with Crippen molar-refractivity contribution >= 4 is 21.9 Å². The Kier molecular flexibility index (Phi) is 7.80. The van der Waals surface area contributed by atoms with Gasteiger partial charge in [-0.1, -0.05) is 178 Å². The Balaban J connectivity index is 1.07. The smallest absolute Gasteiger partial charge is 0.164 e. The van der Waals surface area contributed by atoms with Gasteiger partial charge in [0.25, 0.3) is 0 Å². The van der Waals surface area contributed by atoms with Gasteiger partial charge in [0.2, 0.25) is 0 Å². The molecule has 0 atom stereocenters. The number of para-hydroxylation sites is 1. The van der Waals surface area contributed by atoms with Gasteiger partial charge in [0, 0.05) is 44.0 Å². The SMILES string of the molecule is CC1(C)c2ccccc2-c2ccc(-c3cc(-c4ccccc4)c4oc5c(-c6cccc(-c7nc(-c8ccccc8)nc(-c8ccccc8)n7)c6)cccc5c4c3)cc21. The van der Waals surface area contributed by atoms with E-state index >= 15 is 0 Å². The van der Waals surface area contributed by atoms with Crippen LogP contribution in [0.15, 0.2) is 192 Å². The van der Waals surface area contributed by atoms with E-state index in [1.165, 1.54) is 27.8 Å². The maximum absolute atomic E-state index is 7.02. The van der Waals surface area contributed by atoms with Crippen LogP contribution in [0.4, 0.5) is 0 Å². The first-order valence-electron chi connectivity index (χ1n) is 19.8. The first-order chi connectivity index (χ1) is 28.5. The molecule has 274 valence electrons. The molecular formula is C54H37N3O. The van der Waals surface area contributed by atoms with Crippen LogP contribution < -0.4 is 0 Å². The average Bonchev–Trinajstić information content (AvgIpc) is 3.78. The van der Waals surface area contributed by atoms with Crippen molar-refractivity contribution in [3.8, 4) is 78.7 Å². The van der Waals surface area contributed by atoms with Crippen molar-refractivity contribution in [3.05, 3.63) is 199 Å². The summed E-state index contributed by atoms with van der Waals surface area (Å²) in [4.78, 5) is 14.9. The Morgan fingerprint density at radius 1 is 0.328 bits per heavy atom. The summed E-state index contributed by atoms with van der Waals surface area (Å²) >= 11 is 0. The van der Waals surface area contributed by atoms with Gasteiger partial charge < -0.3 is 4.42 Å². The molecule has 4 heteroatoms. The van der Waals surface area contributed by atoms with E-state index in [9.17, 15) is 0 Å². The number of fused-ring (bicyclic) bond motifs is 6. The van der Waals surface area contributed by atoms with Crippen LogP contribution in [-0.4, -0.2) is 15.0 Å². The van der Waals surface area contributed by atoms with Gasteiger partial charge >= 0.3 is 0 Å². The summed E-state index contributed by atoms with van der Waals surface area (Å²) in [6, 6.07) is 66.1. The first kappa shape index (κ1) is 33.9. The number of rotatable bonds is 6. The molecule has 58 heavy (non-hydrogen) atoms. The number of furan rings is 1. The maximum Gasteiger partial charge on any atom is 0.164 e. The quantitative estimate of drug-likeness (QED) is 0.170. The van der Waals surface area contributed by atoms with Gasteiger partial charge in [-0.15, -0.1) is 0 Å². The fourth-order valence-corrected chi connectivity index (χ4v) is 8.77. The highest BCUT2D eigenvalue weighted by Crippen LogP contribution is 2.50. The van der Waals surface area contributed by atoms with E-state index in [1.807, 2.05) is 60.7 Å². The molecular weight excluding hydrogens is 707 g/mol. The van der Waals surface area contributed by atoms with Crippen molar-refractivity contribution in [2.24, 2.45) is 0 Å². The molecule has 8 aromatic carbocycles. The normalized spacial score (nSPS) is 12.8. The van der Waals surface area contributed by atoms with Gasteiger partial charge in [-0.2, -0.15) is 0 Å². The Hall–Kier alpha value is -7.43. The highest BCUT2D eigenvalue weighted by Gasteiger charge is 2.35. The van der Waals surface area contributed by atoms with Crippen molar-refractivity contribution < 1.29 is 4.42 Å². The van der Waals surface area contributed by atoms with Crippen LogP contribution in [0.3, 0.4) is 0 Å². The third-order valence-corrected chi connectivity index (χ3v) is 11.7. The van der Waals surface area contributed by atoms with Crippen molar-refractivity contribution in [1.29, 1.82) is 0 Å². The molecule has 0 fully saturated rings. The summed E-state index contributed by atoms with van der Waals surface area (Å²) < 4.78 is 7.02. The van der Waals surface area contributed by atoms with Crippen molar-refractivity contribution in [2.75, 3.05) is 0 Å². The summed E-state index contributed by atoms with van der Waals surface area (Å²) in [5, 5.41) is 2.16. The lowest BCUT2D eigenvalue weighted by molar-refractivity contribution is 0.660. The zero-order valence-electron chi connectivity index (χ0n) is 32.1. The van der Waals surface area contributed by atoms with Crippen LogP contribution in [0.1, 0.15) is 25.0 Å². The van der Waals surface area contributed by atoms with Gasteiger partial charge in [0.1, 0.15) is 11.2 Å². The van der Waals surface area contributed by atoms with E-state index in [1.54, 1.807) is 0 Å². The number of hydrogen-bond donors (Lipinski definition) is 0. The molecule has 0 aliphatic heterocycles. The largest absolute Gasteiger partial charge is 0.455 e. The maximum atomic E-state index is 7.02. The fourth-order valence-electron chi connectivity index (χ4n) is 8.77. The van der Waals surface area contributed by atoms with Crippen molar-refractivity contribution in [3.63, 3.8) is 0 Å². The minimum Gasteiger partial charge on any atom is -0.455 e. The second kappa shape index (κ2) is 13.4. The van der Waals surface area contributed by atoms with Crippen molar-refractivity contribution in [1.82, 2.24) is 15.0 Å². The molecule has 0 unspecified atom stereocenters. The molecule has 2 aromatic heterocycles. The molecule has 0 radical (unpaired) electrons. The van der Waals surface area contributed by atoms with Crippen LogP contribution in [0, 0.1) is 0 Å². The molecule has 0 saturated carbocycles. The van der Waals surface area contributed by atoms with Crippen molar-refractivity contribution in [2.45, 2.75) is 19.3 Å². The molecule has 4 nitrogen and oxygen atoms in total. The molecule has 0 bridgehead atoms. The van der Waals surface area contributed by atoms with Crippen LogP contribution in [0.5, 0.6) is 0 Å². The van der Waals surface area contributed by atoms with E-state index in [-0.39, 0.29) is 5.41 Å². The summed E-state index contributed by atoms with van der Waals surface area (Å²) in [5.74, 6) is 1.88. The summed E-state index contributed by atoms with van der Waals surface area (Å²) in [6.07, 6.45) is 0. The summed E-state index contributed by atoms with van der Waals surface area (Å²) in [7, 11) is 0. The first-order valence-corrected chi connectivity index (χ1v) is 19.8. The monoisotopic (exact) mass is 743 g/mol. The van der Waals surface area contributed by atoms with Crippen LogP contribution >= 0.6 is 0 Å². The van der Waals surface area contributed by atoms with Gasteiger partial charge in [-0.05, 0) is 68.8 Å². The molecule has 0 saturated heterocycles. The molecule has 0 amide bonds. The van der Waals surface area contributed by atoms with E-state index in [2.05, 4.69) is 141 Å². The Bertz CT molecular complexity index is 3130. The lowest BCUT2D eigenvalue weighted by Gasteiger charge is -2.22. The van der Waals surface area contributed by atoms with Gasteiger partial charge in [0.15, 0.2) is 17.5 Å². The van der Waals surface area contributed by atoms with Gasteiger partial charge in [0.05, 0.1) is 0 Å². The fraction of sp³-hybridized carbons (Fsp3) is 0.0556. The molecule has 0 N–H and O–H groups in total. The zero-order chi connectivity index (χ0) is 38.8. The molecule has 1 aliphatic rings. The highest BCUT2D eigenvalue weighted by molar-refractivity contribution is 6.14. The van der Waals surface area contributed by atoms with Crippen LogP contribution in [0.2, 0.25) is 0 Å². The predicted molar refractivity (Wildman–Crippen MR) is 237 cm³/mol. The topological polar surface area (TPSA) is 51.8 Å². The number of hydrogen-bond acceptors (Lipinski definition) is 4. The third kappa shape index (κ3) is 5.56. The number of aromatic nitrogens is 3. The zero-order valence-corrected chi connectivity index (χ0v) is 32.1. The second-order valence-electron chi connectivity index (χ2n) is 15.6. The highest BCUT2D eigenvalue weighted by atomic mass is 16.3. The predicted octanol–water partition coefficient (Wildman–Crippen LogP) is 14.1. The van der Waals surface area contributed by atoms with E-state index in [0.29, 0.717) is 17.5 Å². The minimum atomic E-state index is -0.0897.